The summed E-state index contributed by atoms with van der Waals surface area (Å²) in [6, 6.07) is 7.36. The number of hydrogen-bond acceptors (Lipinski definition) is 5. The Bertz CT molecular complexity index is 688. The molecular weight excluding hydrogens is 266 g/mol. The summed E-state index contributed by atoms with van der Waals surface area (Å²) in [5.74, 6) is 1.58. The quantitative estimate of drug-likeness (QED) is 0.792. The Morgan fingerprint density at radius 1 is 1.26 bits per heavy atom. The van der Waals surface area contributed by atoms with Crippen LogP contribution in [0.25, 0.3) is 11.3 Å². The predicted octanol–water partition coefficient (Wildman–Crippen LogP) is 2.22. The van der Waals surface area contributed by atoms with Crippen LogP contribution in [0.2, 0.25) is 5.02 Å². The van der Waals surface area contributed by atoms with Gasteiger partial charge >= 0.3 is 0 Å². The maximum atomic E-state index is 5.84. The van der Waals surface area contributed by atoms with E-state index in [0.29, 0.717) is 29.0 Å². The maximum Gasteiger partial charge on any atom is 0.216 e. The molecule has 2 N–H and O–H groups in total. The third-order valence-corrected chi connectivity index (χ3v) is 2.79. The van der Waals surface area contributed by atoms with Crippen LogP contribution in [0, 0.1) is 0 Å². The first-order chi connectivity index (χ1) is 9.20. The molecule has 6 nitrogen and oxygen atoms in total. The van der Waals surface area contributed by atoms with E-state index >= 15 is 0 Å². The Labute approximate surface area is 113 Å². The fraction of sp³-hybridized carbons (Fsp3) is 0.0833. The number of nitrogens with zero attached hydrogens (tertiary/aromatic N) is 4. The molecule has 0 fully saturated rings. The molecule has 2 aromatic heterocycles. The highest BCUT2D eigenvalue weighted by Gasteiger charge is 2.08. The number of nitrogen functional groups attached to an aromatic ring is 1. The van der Waals surface area contributed by atoms with Crippen LogP contribution in [0.4, 0.5) is 5.82 Å². The van der Waals surface area contributed by atoms with E-state index in [9.17, 15) is 0 Å². The van der Waals surface area contributed by atoms with E-state index in [2.05, 4.69) is 15.3 Å². The van der Waals surface area contributed by atoms with Gasteiger partial charge < -0.3 is 10.2 Å². The van der Waals surface area contributed by atoms with E-state index in [1.807, 2.05) is 12.1 Å². The molecule has 19 heavy (non-hydrogen) atoms. The minimum atomic E-state index is 0.365. The van der Waals surface area contributed by atoms with Crippen molar-refractivity contribution in [2.45, 2.75) is 6.54 Å². The number of benzene rings is 1. The van der Waals surface area contributed by atoms with Crippen molar-refractivity contribution < 1.29 is 4.42 Å². The van der Waals surface area contributed by atoms with Crippen molar-refractivity contribution >= 4 is 17.4 Å². The predicted molar refractivity (Wildman–Crippen MR) is 70.5 cm³/mol. The monoisotopic (exact) mass is 275 g/mol. The fourth-order valence-corrected chi connectivity index (χ4v) is 1.79. The number of nitrogens with two attached hydrogens (primary N) is 1. The molecule has 7 heteroatoms. The second kappa shape index (κ2) is 4.74. The van der Waals surface area contributed by atoms with Crippen LogP contribution in [-0.4, -0.2) is 20.0 Å². The standard InChI is InChI=1S/C12H10ClN5O/c13-9-3-1-8(2-4-9)10-5-15-12(19-10)7-18-6-11(14)16-17-18/h1-6H,7,14H2. The first-order valence-corrected chi connectivity index (χ1v) is 5.95. The summed E-state index contributed by atoms with van der Waals surface area (Å²) in [6.45, 7) is 0.387. The lowest BCUT2D eigenvalue weighted by atomic mass is 10.2. The highest BCUT2D eigenvalue weighted by atomic mass is 35.5. The molecule has 0 aliphatic carbocycles. The van der Waals surface area contributed by atoms with Gasteiger partial charge in [0.05, 0.1) is 12.4 Å². The van der Waals surface area contributed by atoms with E-state index in [1.54, 1.807) is 29.2 Å². The van der Waals surface area contributed by atoms with Crippen LogP contribution in [0.1, 0.15) is 5.89 Å². The van der Waals surface area contributed by atoms with Gasteiger partial charge in [0.15, 0.2) is 11.6 Å². The minimum Gasteiger partial charge on any atom is -0.439 e. The highest BCUT2D eigenvalue weighted by molar-refractivity contribution is 6.30. The molecule has 0 bridgehead atoms. The van der Waals surface area contributed by atoms with Crippen molar-refractivity contribution in [3.05, 3.63) is 47.6 Å². The number of halogens is 1. The summed E-state index contributed by atoms with van der Waals surface area (Å²) in [5, 5.41) is 8.20. The van der Waals surface area contributed by atoms with Crippen LogP contribution in [-0.2, 0) is 6.54 Å². The molecule has 0 aliphatic heterocycles. The zero-order valence-electron chi connectivity index (χ0n) is 9.82. The molecule has 2 heterocycles. The van der Waals surface area contributed by atoms with Gasteiger partial charge in [-0.25, -0.2) is 9.67 Å². The summed E-state index contributed by atoms with van der Waals surface area (Å²) in [6.07, 6.45) is 3.28. The van der Waals surface area contributed by atoms with Gasteiger partial charge in [-0.1, -0.05) is 16.8 Å². The van der Waals surface area contributed by atoms with Crippen LogP contribution in [0.5, 0.6) is 0 Å². The zero-order valence-corrected chi connectivity index (χ0v) is 10.6. The summed E-state index contributed by atoms with van der Waals surface area (Å²) >= 11 is 5.84. The topological polar surface area (TPSA) is 82.8 Å². The van der Waals surface area contributed by atoms with Crippen molar-refractivity contribution in [3.8, 4) is 11.3 Å². The minimum absolute atomic E-state index is 0.365. The Morgan fingerprint density at radius 3 is 2.74 bits per heavy atom. The highest BCUT2D eigenvalue weighted by Crippen LogP contribution is 2.22. The first-order valence-electron chi connectivity index (χ1n) is 5.57. The number of anilines is 1. The lowest BCUT2D eigenvalue weighted by Crippen LogP contribution is -2.00. The third-order valence-electron chi connectivity index (χ3n) is 2.54. The number of hydrogen-bond donors (Lipinski definition) is 1. The van der Waals surface area contributed by atoms with Gasteiger partial charge in [-0.2, -0.15) is 0 Å². The first kappa shape index (κ1) is 11.7. The average molecular weight is 276 g/mol. The molecule has 0 amide bonds. The summed E-state index contributed by atoms with van der Waals surface area (Å²) in [5.41, 5.74) is 6.40. The fourth-order valence-electron chi connectivity index (χ4n) is 1.66. The molecular formula is C12H10ClN5O. The SMILES string of the molecule is Nc1cn(Cc2ncc(-c3ccc(Cl)cc3)o2)nn1. The van der Waals surface area contributed by atoms with Crippen LogP contribution in [0.3, 0.4) is 0 Å². The van der Waals surface area contributed by atoms with Crippen LogP contribution in [0.15, 0.2) is 41.1 Å². The molecule has 0 radical (unpaired) electrons. The Hall–Kier alpha value is -2.34. The van der Waals surface area contributed by atoms with E-state index < -0.39 is 0 Å². The Morgan fingerprint density at radius 2 is 2.05 bits per heavy atom. The maximum absolute atomic E-state index is 5.84. The molecule has 3 rings (SSSR count). The Balaban J connectivity index is 1.81. The molecule has 0 unspecified atom stereocenters. The summed E-state index contributed by atoms with van der Waals surface area (Å²) < 4.78 is 7.20. The zero-order chi connectivity index (χ0) is 13.2. The van der Waals surface area contributed by atoms with Crippen LogP contribution >= 0.6 is 11.6 Å². The average Bonchev–Trinajstić information content (AvgIpc) is 3.00. The summed E-state index contributed by atoms with van der Waals surface area (Å²) in [7, 11) is 0. The van der Waals surface area contributed by atoms with E-state index in [-0.39, 0.29) is 0 Å². The molecule has 0 aliphatic rings. The Kier molecular flexibility index (Phi) is 2.92. The second-order valence-corrected chi connectivity index (χ2v) is 4.40. The second-order valence-electron chi connectivity index (χ2n) is 3.97. The van der Waals surface area contributed by atoms with Gasteiger partial charge in [0.1, 0.15) is 6.54 Å². The van der Waals surface area contributed by atoms with Gasteiger partial charge in [0, 0.05) is 10.6 Å². The number of rotatable bonds is 3. The van der Waals surface area contributed by atoms with Gasteiger partial charge in [-0.15, -0.1) is 5.10 Å². The van der Waals surface area contributed by atoms with Crippen molar-refractivity contribution in [3.63, 3.8) is 0 Å². The molecule has 0 saturated carbocycles. The normalized spacial score (nSPS) is 10.8. The lowest BCUT2D eigenvalue weighted by molar-refractivity contribution is 0.469. The smallest absolute Gasteiger partial charge is 0.216 e. The summed E-state index contributed by atoms with van der Waals surface area (Å²) in [4.78, 5) is 4.19. The van der Waals surface area contributed by atoms with Crippen LogP contribution < -0.4 is 5.73 Å². The molecule has 1 aromatic carbocycles. The third kappa shape index (κ3) is 2.58. The molecule has 96 valence electrons. The van der Waals surface area contributed by atoms with Gasteiger partial charge in [0.2, 0.25) is 5.89 Å². The van der Waals surface area contributed by atoms with E-state index in [4.69, 9.17) is 21.8 Å². The van der Waals surface area contributed by atoms with Crippen molar-refractivity contribution in [1.82, 2.24) is 20.0 Å². The molecule has 0 spiro atoms. The molecule has 3 aromatic rings. The number of aromatic nitrogens is 4. The van der Waals surface area contributed by atoms with Crippen molar-refractivity contribution in [2.75, 3.05) is 5.73 Å². The van der Waals surface area contributed by atoms with E-state index in [1.165, 1.54) is 0 Å². The molecule has 0 atom stereocenters. The van der Waals surface area contributed by atoms with Gasteiger partial charge in [0.25, 0.3) is 0 Å². The van der Waals surface area contributed by atoms with Crippen molar-refractivity contribution in [1.29, 1.82) is 0 Å². The van der Waals surface area contributed by atoms with E-state index in [0.717, 1.165) is 5.56 Å². The van der Waals surface area contributed by atoms with Gasteiger partial charge in [-0.3, -0.25) is 0 Å². The molecule has 0 saturated heterocycles. The largest absolute Gasteiger partial charge is 0.439 e. The lowest BCUT2D eigenvalue weighted by Gasteiger charge is -1.97. The van der Waals surface area contributed by atoms with Gasteiger partial charge in [-0.05, 0) is 24.3 Å². The van der Waals surface area contributed by atoms with Crippen molar-refractivity contribution in [2.24, 2.45) is 0 Å². The number of oxazole rings is 1.